The largest absolute Gasteiger partial charge is 0.469 e. The highest BCUT2D eigenvalue weighted by Gasteiger charge is 2.37. The molecule has 4 atom stereocenters. The van der Waals surface area contributed by atoms with Crippen molar-refractivity contribution in [1.29, 1.82) is 0 Å². The first-order valence-electron chi connectivity index (χ1n) is 11.8. The molecule has 4 amide bonds. The molecule has 12 heteroatoms. The van der Waals surface area contributed by atoms with Gasteiger partial charge in [-0.2, -0.15) is 0 Å². The molecule has 3 N–H and O–H groups in total. The minimum Gasteiger partial charge on any atom is -0.469 e. The summed E-state index contributed by atoms with van der Waals surface area (Å²) in [5.74, 6) is -2.84. The SMILES string of the molecule is COC(=O)CCC(=O)N[C@@H](C)C(=O)N1CCC[C@H]1C(=O)N[C@@H](C)C(=O)N[C@@H](CC(C)C)C(=O)CCl. The van der Waals surface area contributed by atoms with E-state index in [1.165, 1.54) is 25.9 Å². The fourth-order valence-corrected chi connectivity index (χ4v) is 3.94. The van der Waals surface area contributed by atoms with Crippen LogP contribution in [0.2, 0.25) is 0 Å². The summed E-state index contributed by atoms with van der Waals surface area (Å²) in [4.78, 5) is 75.0. The van der Waals surface area contributed by atoms with Crippen LogP contribution < -0.4 is 16.0 Å². The lowest BCUT2D eigenvalue weighted by molar-refractivity contribution is -0.143. The number of Topliss-reactive ketones (excluding diaryl/α,β-unsaturated/α-hetero) is 1. The maximum absolute atomic E-state index is 12.9. The van der Waals surface area contributed by atoms with E-state index in [9.17, 15) is 28.8 Å². The van der Waals surface area contributed by atoms with Gasteiger partial charge in [0.2, 0.25) is 23.6 Å². The number of likely N-dealkylation sites (tertiary alicyclic amines) is 1. The summed E-state index contributed by atoms with van der Waals surface area (Å²) in [5.41, 5.74) is 0. The van der Waals surface area contributed by atoms with E-state index in [2.05, 4.69) is 20.7 Å². The molecule has 1 fully saturated rings. The third kappa shape index (κ3) is 9.83. The smallest absolute Gasteiger partial charge is 0.306 e. The zero-order chi connectivity index (χ0) is 26.7. The molecule has 0 saturated carbocycles. The van der Waals surface area contributed by atoms with Crippen LogP contribution in [0.4, 0.5) is 0 Å². The van der Waals surface area contributed by atoms with Crippen LogP contribution in [0.3, 0.4) is 0 Å². The van der Waals surface area contributed by atoms with E-state index >= 15 is 0 Å². The van der Waals surface area contributed by atoms with Gasteiger partial charge in [0.25, 0.3) is 0 Å². The maximum Gasteiger partial charge on any atom is 0.306 e. The number of alkyl halides is 1. The maximum atomic E-state index is 12.9. The number of carbonyl (C=O) groups is 6. The Morgan fingerprint density at radius 1 is 0.971 bits per heavy atom. The summed E-state index contributed by atoms with van der Waals surface area (Å²) in [6.45, 7) is 7.17. The van der Waals surface area contributed by atoms with Crippen LogP contribution in [0.15, 0.2) is 0 Å². The Morgan fingerprint density at radius 3 is 2.20 bits per heavy atom. The van der Waals surface area contributed by atoms with Crippen molar-refractivity contribution in [2.45, 2.75) is 84.0 Å². The zero-order valence-electron chi connectivity index (χ0n) is 21.0. The van der Waals surface area contributed by atoms with Crippen molar-refractivity contribution in [2.24, 2.45) is 5.92 Å². The Hall–Kier alpha value is -2.69. The van der Waals surface area contributed by atoms with Gasteiger partial charge in [0, 0.05) is 13.0 Å². The number of rotatable bonds is 13. The van der Waals surface area contributed by atoms with E-state index in [1.54, 1.807) is 0 Å². The van der Waals surface area contributed by atoms with E-state index in [0.717, 1.165) is 0 Å². The summed E-state index contributed by atoms with van der Waals surface area (Å²) < 4.78 is 4.49. The van der Waals surface area contributed by atoms with E-state index in [1.807, 2.05) is 13.8 Å². The second kappa shape index (κ2) is 14.7. The monoisotopic (exact) mass is 516 g/mol. The van der Waals surface area contributed by atoms with E-state index in [-0.39, 0.29) is 30.4 Å². The van der Waals surface area contributed by atoms with Gasteiger partial charge in [0.15, 0.2) is 5.78 Å². The Kier molecular flexibility index (Phi) is 12.7. The molecule has 1 aliphatic heterocycles. The first-order chi connectivity index (χ1) is 16.4. The predicted octanol–water partition coefficient (Wildman–Crippen LogP) is 0.279. The molecule has 0 aliphatic carbocycles. The number of carbonyl (C=O) groups excluding carboxylic acids is 6. The van der Waals surface area contributed by atoms with Crippen LogP contribution >= 0.6 is 11.6 Å². The van der Waals surface area contributed by atoms with Gasteiger partial charge < -0.3 is 25.6 Å². The third-order valence-electron chi connectivity index (χ3n) is 5.67. The van der Waals surface area contributed by atoms with Gasteiger partial charge in [-0.15, -0.1) is 11.6 Å². The number of hydrogen-bond donors (Lipinski definition) is 3. The number of halogens is 1. The van der Waals surface area contributed by atoms with Gasteiger partial charge in [0.05, 0.1) is 25.5 Å². The van der Waals surface area contributed by atoms with Gasteiger partial charge in [-0.25, -0.2) is 0 Å². The normalized spacial score (nSPS) is 17.8. The molecule has 0 aromatic carbocycles. The molecule has 0 unspecified atom stereocenters. The van der Waals surface area contributed by atoms with Crippen LogP contribution in [0.25, 0.3) is 0 Å². The minimum atomic E-state index is -0.937. The number of amides is 4. The van der Waals surface area contributed by atoms with E-state index < -0.39 is 53.8 Å². The van der Waals surface area contributed by atoms with Crippen molar-refractivity contribution < 1.29 is 33.5 Å². The van der Waals surface area contributed by atoms with Gasteiger partial charge in [-0.3, -0.25) is 28.8 Å². The molecule has 0 aromatic rings. The first kappa shape index (κ1) is 30.3. The molecule has 1 rings (SSSR count). The fourth-order valence-electron chi connectivity index (χ4n) is 3.75. The standard InChI is InChI=1S/C23H37ClN4O7/c1-13(2)11-16(18(29)12-24)27-21(32)14(3)26-22(33)17-7-6-10-28(17)23(34)15(4)25-19(30)8-9-20(31)35-5/h13-17H,6-12H2,1-5H3,(H,25,30)(H,26,33)(H,27,32)/t14-,15-,16-,17-/m0/s1. The summed E-state index contributed by atoms with van der Waals surface area (Å²) in [6, 6.07) is -3.36. The topological polar surface area (TPSA) is 151 Å². The summed E-state index contributed by atoms with van der Waals surface area (Å²) in [5, 5.41) is 7.79. The molecule has 0 radical (unpaired) electrons. The molecule has 1 saturated heterocycles. The van der Waals surface area contributed by atoms with Crippen molar-refractivity contribution in [3.05, 3.63) is 0 Å². The number of nitrogens with one attached hydrogen (secondary N) is 3. The predicted molar refractivity (Wildman–Crippen MR) is 128 cm³/mol. The molecule has 11 nitrogen and oxygen atoms in total. The van der Waals surface area contributed by atoms with Gasteiger partial charge in [-0.05, 0) is 39.0 Å². The minimum absolute atomic E-state index is 0.105. The number of nitrogens with zero attached hydrogens (tertiary/aromatic N) is 1. The number of methoxy groups -OCH3 is 1. The lowest BCUT2D eigenvalue weighted by Crippen LogP contribution is -2.56. The highest BCUT2D eigenvalue weighted by molar-refractivity contribution is 6.28. The van der Waals surface area contributed by atoms with Crippen molar-refractivity contribution in [1.82, 2.24) is 20.9 Å². The Bertz CT molecular complexity index is 805. The molecule has 0 spiro atoms. The Labute approximate surface area is 211 Å². The number of hydrogen-bond acceptors (Lipinski definition) is 7. The van der Waals surface area contributed by atoms with Gasteiger partial charge in [0.1, 0.15) is 18.1 Å². The van der Waals surface area contributed by atoms with Crippen LogP contribution in [-0.2, 0) is 33.5 Å². The third-order valence-corrected chi connectivity index (χ3v) is 5.93. The highest BCUT2D eigenvalue weighted by atomic mass is 35.5. The van der Waals surface area contributed by atoms with Crippen molar-refractivity contribution in [3.63, 3.8) is 0 Å². The molecular formula is C23H37ClN4O7. The molecule has 0 aromatic heterocycles. The molecule has 35 heavy (non-hydrogen) atoms. The number of esters is 1. The molecule has 1 heterocycles. The quantitative estimate of drug-likeness (QED) is 0.235. The van der Waals surface area contributed by atoms with Crippen LogP contribution in [0.5, 0.6) is 0 Å². The van der Waals surface area contributed by atoms with Gasteiger partial charge >= 0.3 is 5.97 Å². The average molecular weight is 517 g/mol. The Morgan fingerprint density at radius 2 is 1.63 bits per heavy atom. The average Bonchev–Trinajstić information content (AvgIpc) is 3.30. The number of ketones is 1. The van der Waals surface area contributed by atoms with E-state index in [0.29, 0.717) is 25.8 Å². The summed E-state index contributed by atoms with van der Waals surface area (Å²) >= 11 is 5.65. The zero-order valence-corrected chi connectivity index (χ0v) is 21.8. The summed E-state index contributed by atoms with van der Waals surface area (Å²) in [6.07, 6.45) is 1.20. The second-order valence-corrected chi connectivity index (χ2v) is 9.34. The molecule has 198 valence electrons. The van der Waals surface area contributed by atoms with Crippen LogP contribution in [0, 0.1) is 5.92 Å². The first-order valence-corrected chi connectivity index (χ1v) is 12.3. The lowest BCUT2D eigenvalue weighted by Gasteiger charge is -2.28. The Balaban J connectivity index is 2.69. The van der Waals surface area contributed by atoms with Crippen molar-refractivity contribution in [2.75, 3.05) is 19.5 Å². The van der Waals surface area contributed by atoms with Crippen molar-refractivity contribution in [3.8, 4) is 0 Å². The molecular weight excluding hydrogens is 480 g/mol. The number of ether oxygens (including phenoxy) is 1. The van der Waals surface area contributed by atoms with Crippen molar-refractivity contribution >= 4 is 47.0 Å². The fraction of sp³-hybridized carbons (Fsp3) is 0.739. The van der Waals surface area contributed by atoms with Crippen LogP contribution in [-0.4, -0.2) is 84.0 Å². The van der Waals surface area contributed by atoms with Crippen LogP contribution in [0.1, 0.15) is 59.8 Å². The van der Waals surface area contributed by atoms with E-state index in [4.69, 9.17) is 11.6 Å². The second-order valence-electron chi connectivity index (χ2n) is 9.08. The summed E-state index contributed by atoms with van der Waals surface area (Å²) in [7, 11) is 1.22. The highest BCUT2D eigenvalue weighted by Crippen LogP contribution is 2.19. The molecule has 0 bridgehead atoms. The lowest BCUT2D eigenvalue weighted by atomic mass is 10.0. The van der Waals surface area contributed by atoms with Gasteiger partial charge in [-0.1, -0.05) is 13.8 Å². The molecule has 1 aliphatic rings.